The summed E-state index contributed by atoms with van der Waals surface area (Å²) in [6, 6.07) is 12.3. The second kappa shape index (κ2) is 9.61. The zero-order valence-electron chi connectivity index (χ0n) is 13.5. The van der Waals surface area contributed by atoms with Crippen LogP contribution in [-0.4, -0.2) is 43.4 Å². The molecule has 24 heavy (non-hydrogen) atoms. The van der Waals surface area contributed by atoms with Gasteiger partial charge >= 0.3 is 0 Å². The van der Waals surface area contributed by atoms with Crippen LogP contribution < -0.4 is 9.47 Å². The van der Waals surface area contributed by atoms with Crippen LogP contribution in [0.5, 0.6) is 11.5 Å². The van der Waals surface area contributed by atoms with E-state index in [1.54, 1.807) is 19.2 Å². The van der Waals surface area contributed by atoms with Gasteiger partial charge in [0.1, 0.15) is 12.4 Å². The Hall–Kier alpha value is -1.63. The largest absolute Gasteiger partial charge is 0.493 e. The highest BCUT2D eigenvalue weighted by molar-refractivity contribution is 9.10. The average Bonchev–Trinajstić information content (AvgIpc) is 2.58. The molecule has 2 aromatic rings. The first-order valence-electron chi connectivity index (χ1n) is 7.67. The van der Waals surface area contributed by atoms with E-state index in [0.717, 1.165) is 4.47 Å². The lowest BCUT2D eigenvalue weighted by Crippen LogP contribution is -2.31. The molecule has 0 radical (unpaired) electrons. The molecule has 0 unspecified atom stereocenters. The van der Waals surface area contributed by atoms with E-state index in [1.165, 1.54) is 6.07 Å². The van der Waals surface area contributed by atoms with Gasteiger partial charge < -0.3 is 14.6 Å². The zero-order chi connectivity index (χ0) is 17.4. The number of hydrogen-bond donors (Lipinski definition) is 1. The Labute approximate surface area is 149 Å². The Kier molecular flexibility index (Phi) is 7.49. The van der Waals surface area contributed by atoms with Gasteiger partial charge in [-0.05, 0) is 30.3 Å². The molecule has 0 aromatic heterocycles. The Bertz CT molecular complexity index is 654. The van der Waals surface area contributed by atoms with Crippen LogP contribution in [-0.2, 0) is 6.54 Å². The second-order valence-corrected chi connectivity index (χ2v) is 6.15. The highest BCUT2D eigenvalue weighted by atomic mass is 79.9. The summed E-state index contributed by atoms with van der Waals surface area (Å²) in [6.07, 6.45) is 0. The van der Waals surface area contributed by atoms with Gasteiger partial charge in [0, 0.05) is 29.7 Å². The van der Waals surface area contributed by atoms with Gasteiger partial charge in [-0.25, -0.2) is 4.39 Å². The third kappa shape index (κ3) is 5.47. The number of para-hydroxylation sites is 2. The number of nitrogens with zero attached hydrogens (tertiary/aromatic N) is 1. The van der Waals surface area contributed by atoms with Crippen molar-refractivity contribution in [3.8, 4) is 11.5 Å². The van der Waals surface area contributed by atoms with Gasteiger partial charge in [0.15, 0.2) is 11.5 Å². The fourth-order valence-corrected chi connectivity index (χ4v) is 2.75. The molecule has 0 atom stereocenters. The van der Waals surface area contributed by atoms with Gasteiger partial charge in [-0.1, -0.05) is 28.1 Å². The van der Waals surface area contributed by atoms with Crippen molar-refractivity contribution in [2.45, 2.75) is 6.54 Å². The summed E-state index contributed by atoms with van der Waals surface area (Å²) in [7, 11) is 1.59. The molecule has 0 saturated carbocycles. The molecule has 0 spiro atoms. The molecule has 0 heterocycles. The molecule has 2 aromatic carbocycles. The molecular formula is C18H21BrFNO3. The maximum atomic E-state index is 13.9. The van der Waals surface area contributed by atoms with Crippen molar-refractivity contribution in [1.29, 1.82) is 0 Å². The van der Waals surface area contributed by atoms with Crippen LogP contribution in [0.4, 0.5) is 4.39 Å². The minimum atomic E-state index is -0.258. The molecule has 0 aliphatic rings. The number of rotatable bonds is 9. The molecule has 2 rings (SSSR count). The van der Waals surface area contributed by atoms with Crippen molar-refractivity contribution in [3.63, 3.8) is 0 Å². The number of aliphatic hydroxyl groups excluding tert-OH is 1. The normalized spacial score (nSPS) is 10.9. The van der Waals surface area contributed by atoms with Crippen molar-refractivity contribution >= 4 is 15.9 Å². The molecule has 0 fully saturated rings. The van der Waals surface area contributed by atoms with Gasteiger partial charge in [0.25, 0.3) is 0 Å². The predicted octanol–water partition coefficient (Wildman–Crippen LogP) is 3.47. The Morgan fingerprint density at radius 1 is 1.12 bits per heavy atom. The van der Waals surface area contributed by atoms with Crippen LogP contribution in [0.1, 0.15) is 5.56 Å². The maximum Gasteiger partial charge on any atom is 0.161 e. The van der Waals surface area contributed by atoms with E-state index < -0.39 is 0 Å². The fourth-order valence-electron chi connectivity index (χ4n) is 2.34. The van der Waals surface area contributed by atoms with E-state index in [4.69, 9.17) is 9.47 Å². The highest BCUT2D eigenvalue weighted by Gasteiger charge is 2.11. The van der Waals surface area contributed by atoms with Crippen LogP contribution >= 0.6 is 15.9 Å². The van der Waals surface area contributed by atoms with Gasteiger partial charge in [-0.15, -0.1) is 0 Å². The van der Waals surface area contributed by atoms with Crippen molar-refractivity contribution < 1.29 is 19.0 Å². The number of benzene rings is 2. The minimum absolute atomic E-state index is 0.00425. The number of halogens is 2. The van der Waals surface area contributed by atoms with Gasteiger partial charge in [0.05, 0.1) is 13.7 Å². The summed E-state index contributed by atoms with van der Waals surface area (Å²) in [4.78, 5) is 1.94. The van der Waals surface area contributed by atoms with Crippen LogP contribution in [0, 0.1) is 5.82 Å². The van der Waals surface area contributed by atoms with E-state index >= 15 is 0 Å². The highest BCUT2D eigenvalue weighted by Crippen LogP contribution is 2.25. The SMILES string of the molecule is COc1ccccc1OCCN(CCO)Cc1cc(Br)ccc1F. The maximum absolute atomic E-state index is 13.9. The van der Waals surface area contributed by atoms with Gasteiger partial charge in [0.2, 0.25) is 0 Å². The molecule has 6 heteroatoms. The molecule has 4 nitrogen and oxygen atoms in total. The van der Waals surface area contributed by atoms with E-state index in [1.807, 2.05) is 29.2 Å². The van der Waals surface area contributed by atoms with Crippen LogP contribution in [0.15, 0.2) is 46.9 Å². The first kappa shape index (κ1) is 18.7. The lowest BCUT2D eigenvalue weighted by Gasteiger charge is -2.22. The lowest BCUT2D eigenvalue weighted by molar-refractivity contribution is 0.160. The average molecular weight is 398 g/mol. The van der Waals surface area contributed by atoms with Crippen molar-refractivity contribution in [3.05, 3.63) is 58.3 Å². The van der Waals surface area contributed by atoms with E-state index in [-0.39, 0.29) is 12.4 Å². The van der Waals surface area contributed by atoms with Crippen molar-refractivity contribution in [2.24, 2.45) is 0 Å². The molecule has 0 amide bonds. The summed E-state index contributed by atoms with van der Waals surface area (Å²) >= 11 is 3.35. The van der Waals surface area contributed by atoms with Gasteiger partial charge in [-0.3, -0.25) is 4.90 Å². The monoisotopic (exact) mass is 397 g/mol. The zero-order valence-corrected chi connectivity index (χ0v) is 15.1. The number of methoxy groups -OCH3 is 1. The number of ether oxygens (including phenoxy) is 2. The minimum Gasteiger partial charge on any atom is -0.493 e. The van der Waals surface area contributed by atoms with Crippen molar-refractivity contribution in [2.75, 3.05) is 33.4 Å². The van der Waals surface area contributed by atoms with E-state index in [9.17, 15) is 9.50 Å². The Morgan fingerprint density at radius 2 is 1.88 bits per heavy atom. The predicted molar refractivity (Wildman–Crippen MR) is 95.0 cm³/mol. The van der Waals surface area contributed by atoms with Crippen LogP contribution in [0.25, 0.3) is 0 Å². The molecule has 0 saturated heterocycles. The first-order chi connectivity index (χ1) is 11.6. The Morgan fingerprint density at radius 3 is 2.58 bits per heavy atom. The molecular weight excluding hydrogens is 377 g/mol. The molecule has 0 aliphatic heterocycles. The van der Waals surface area contributed by atoms with E-state index in [0.29, 0.717) is 43.3 Å². The van der Waals surface area contributed by atoms with Crippen LogP contribution in [0.2, 0.25) is 0 Å². The van der Waals surface area contributed by atoms with Crippen molar-refractivity contribution in [1.82, 2.24) is 4.90 Å². The lowest BCUT2D eigenvalue weighted by atomic mass is 10.2. The topological polar surface area (TPSA) is 41.9 Å². The first-order valence-corrected chi connectivity index (χ1v) is 8.46. The van der Waals surface area contributed by atoms with E-state index in [2.05, 4.69) is 15.9 Å². The smallest absolute Gasteiger partial charge is 0.161 e. The number of aliphatic hydroxyl groups is 1. The summed E-state index contributed by atoms with van der Waals surface area (Å²) < 4.78 is 25.7. The second-order valence-electron chi connectivity index (χ2n) is 5.23. The Balaban J connectivity index is 1.95. The number of hydrogen-bond acceptors (Lipinski definition) is 4. The van der Waals surface area contributed by atoms with Crippen LogP contribution in [0.3, 0.4) is 0 Å². The quantitative estimate of drug-likeness (QED) is 0.703. The third-order valence-electron chi connectivity index (χ3n) is 3.55. The summed E-state index contributed by atoms with van der Waals surface area (Å²) in [5.41, 5.74) is 0.579. The summed E-state index contributed by atoms with van der Waals surface area (Å²) in [6.45, 7) is 1.83. The summed E-state index contributed by atoms with van der Waals surface area (Å²) in [5, 5.41) is 9.23. The van der Waals surface area contributed by atoms with Gasteiger partial charge in [-0.2, -0.15) is 0 Å². The standard InChI is InChI=1S/C18H21BrFNO3/c1-23-17-4-2-3-5-18(17)24-11-9-21(8-10-22)13-14-12-15(19)6-7-16(14)20/h2-7,12,22H,8-11,13H2,1H3. The molecule has 1 N–H and O–H groups in total. The molecule has 0 bridgehead atoms. The third-order valence-corrected chi connectivity index (χ3v) is 4.05. The fraction of sp³-hybridized carbons (Fsp3) is 0.333. The summed E-state index contributed by atoms with van der Waals surface area (Å²) in [5.74, 6) is 1.08. The molecule has 130 valence electrons. The molecule has 0 aliphatic carbocycles.